The first-order chi connectivity index (χ1) is 15.4. The zero-order valence-corrected chi connectivity index (χ0v) is 18.9. The van der Waals surface area contributed by atoms with Crippen LogP contribution in [0.2, 0.25) is 0 Å². The lowest BCUT2D eigenvalue weighted by molar-refractivity contribution is 0.0948. The van der Waals surface area contributed by atoms with Crippen LogP contribution < -0.4 is 29.6 Å². The van der Waals surface area contributed by atoms with Gasteiger partial charge in [-0.05, 0) is 31.0 Å². The van der Waals surface area contributed by atoms with Gasteiger partial charge in [-0.1, -0.05) is 0 Å². The molecule has 172 valence electrons. The summed E-state index contributed by atoms with van der Waals surface area (Å²) in [5, 5.41) is 5.56. The number of methoxy groups -OCH3 is 4. The van der Waals surface area contributed by atoms with E-state index in [1.807, 2.05) is 6.92 Å². The SMILES string of the molecule is COc1cc(OC)c(C(=O)NCCCNC(=O)c2cc(C=O)c(OC)cc2OC)cc1C. The second-order valence-corrected chi connectivity index (χ2v) is 6.80. The molecular weight excluding hydrogens is 416 g/mol. The van der Waals surface area contributed by atoms with Crippen LogP contribution in [0.1, 0.15) is 43.1 Å². The number of carbonyl (C=O) groups excluding carboxylic acids is 3. The molecule has 0 unspecified atom stereocenters. The highest BCUT2D eigenvalue weighted by atomic mass is 16.5. The molecule has 2 rings (SSSR count). The summed E-state index contributed by atoms with van der Waals surface area (Å²) >= 11 is 0. The highest BCUT2D eigenvalue weighted by molar-refractivity contribution is 5.99. The van der Waals surface area contributed by atoms with E-state index in [0.29, 0.717) is 54.4 Å². The van der Waals surface area contributed by atoms with E-state index in [2.05, 4.69) is 10.6 Å². The molecule has 0 heterocycles. The summed E-state index contributed by atoms with van der Waals surface area (Å²) in [6, 6.07) is 6.28. The van der Waals surface area contributed by atoms with Gasteiger partial charge < -0.3 is 29.6 Å². The van der Waals surface area contributed by atoms with E-state index >= 15 is 0 Å². The maximum Gasteiger partial charge on any atom is 0.255 e. The van der Waals surface area contributed by atoms with E-state index in [4.69, 9.17) is 18.9 Å². The van der Waals surface area contributed by atoms with E-state index in [-0.39, 0.29) is 17.0 Å². The van der Waals surface area contributed by atoms with Crippen LogP contribution in [0.25, 0.3) is 0 Å². The van der Waals surface area contributed by atoms with E-state index < -0.39 is 5.91 Å². The number of carbonyl (C=O) groups is 3. The molecule has 9 heteroatoms. The van der Waals surface area contributed by atoms with Crippen molar-refractivity contribution < 1.29 is 33.3 Å². The number of aryl methyl sites for hydroxylation is 1. The number of ether oxygens (including phenoxy) is 4. The first-order valence-corrected chi connectivity index (χ1v) is 9.90. The van der Waals surface area contributed by atoms with Crippen molar-refractivity contribution >= 4 is 18.1 Å². The minimum Gasteiger partial charge on any atom is -0.496 e. The fourth-order valence-corrected chi connectivity index (χ4v) is 3.11. The predicted octanol–water partition coefficient (Wildman–Crippen LogP) is 2.39. The van der Waals surface area contributed by atoms with Crippen LogP contribution in [0, 0.1) is 6.92 Å². The maximum absolute atomic E-state index is 12.5. The van der Waals surface area contributed by atoms with E-state index in [0.717, 1.165) is 5.56 Å². The predicted molar refractivity (Wildman–Crippen MR) is 118 cm³/mol. The summed E-state index contributed by atoms with van der Waals surface area (Å²) in [6.45, 7) is 2.49. The quantitative estimate of drug-likeness (QED) is 0.404. The number of aldehydes is 1. The Bertz CT molecular complexity index is 989. The topological polar surface area (TPSA) is 112 Å². The van der Waals surface area contributed by atoms with E-state index in [1.54, 1.807) is 19.2 Å². The van der Waals surface area contributed by atoms with Gasteiger partial charge in [-0.3, -0.25) is 14.4 Å². The van der Waals surface area contributed by atoms with Crippen LogP contribution >= 0.6 is 0 Å². The van der Waals surface area contributed by atoms with Crippen LogP contribution in [-0.2, 0) is 0 Å². The third-order valence-corrected chi connectivity index (χ3v) is 4.81. The molecule has 0 saturated carbocycles. The Morgan fingerprint density at radius 2 is 1.22 bits per heavy atom. The number of amides is 2. The summed E-state index contributed by atoms with van der Waals surface area (Å²) < 4.78 is 20.9. The Labute approximate surface area is 187 Å². The highest BCUT2D eigenvalue weighted by Gasteiger charge is 2.17. The third kappa shape index (κ3) is 5.69. The van der Waals surface area contributed by atoms with E-state index in [9.17, 15) is 14.4 Å². The zero-order chi connectivity index (χ0) is 23.7. The second kappa shape index (κ2) is 11.6. The van der Waals surface area contributed by atoms with Crippen molar-refractivity contribution in [3.05, 3.63) is 46.5 Å². The lowest BCUT2D eigenvalue weighted by Crippen LogP contribution is -2.30. The average molecular weight is 444 g/mol. The van der Waals surface area contributed by atoms with Crippen LogP contribution in [-0.4, -0.2) is 59.6 Å². The molecule has 0 aliphatic carbocycles. The van der Waals surface area contributed by atoms with Crippen molar-refractivity contribution in [1.82, 2.24) is 10.6 Å². The molecule has 2 N–H and O–H groups in total. The number of nitrogens with one attached hydrogen (secondary N) is 2. The molecule has 2 aromatic rings. The fraction of sp³-hybridized carbons (Fsp3) is 0.348. The summed E-state index contributed by atoms with van der Waals surface area (Å²) in [5.41, 5.74) is 1.68. The van der Waals surface area contributed by atoms with E-state index in [1.165, 1.54) is 33.5 Å². The molecule has 0 aliphatic heterocycles. The normalized spacial score (nSPS) is 10.2. The molecule has 0 spiro atoms. The Balaban J connectivity index is 1.93. The molecule has 0 saturated heterocycles. The Morgan fingerprint density at radius 3 is 1.69 bits per heavy atom. The van der Waals surface area contributed by atoms with Crippen LogP contribution in [0.5, 0.6) is 23.0 Å². The summed E-state index contributed by atoms with van der Waals surface area (Å²) in [4.78, 5) is 36.3. The molecule has 9 nitrogen and oxygen atoms in total. The third-order valence-electron chi connectivity index (χ3n) is 4.81. The van der Waals surface area contributed by atoms with Crippen LogP contribution in [0.15, 0.2) is 24.3 Å². The van der Waals surface area contributed by atoms with Gasteiger partial charge >= 0.3 is 0 Å². The lowest BCUT2D eigenvalue weighted by atomic mass is 10.1. The average Bonchev–Trinajstić information content (AvgIpc) is 2.82. The first kappa shape index (κ1) is 24.5. The van der Waals surface area contributed by atoms with Gasteiger partial charge in [-0.15, -0.1) is 0 Å². The molecule has 0 bridgehead atoms. The molecule has 0 aromatic heterocycles. The van der Waals surface area contributed by atoms with Crippen molar-refractivity contribution in [3.63, 3.8) is 0 Å². The number of rotatable bonds is 11. The molecule has 2 aromatic carbocycles. The second-order valence-electron chi connectivity index (χ2n) is 6.80. The zero-order valence-electron chi connectivity index (χ0n) is 18.9. The molecule has 32 heavy (non-hydrogen) atoms. The molecule has 2 amide bonds. The van der Waals surface area contributed by atoms with Gasteiger partial charge in [-0.2, -0.15) is 0 Å². The summed E-state index contributed by atoms with van der Waals surface area (Å²) in [5.74, 6) is 0.974. The van der Waals surface area contributed by atoms with Crippen LogP contribution in [0.3, 0.4) is 0 Å². The molecule has 0 fully saturated rings. The Morgan fingerprint density at radius 1 is 0.750 bits per heavy atom. The van der Waals surface area contributed by atoms with Gasteiger partial charge in [0, 0.05) is 25.2 Å². The van der Waals surface area contributed by atoms with Crippen molar-refractivity contribution in [1.29, 1.82) is 0 Å². The van der Waals surface area contributed by atoms with Crippen molar-refractivity contribution in [2.45, 2.75) is 13.3 Å². The molecule has 0 atom stereocenters. The summed E-state index contributed by atoms with van der Waals surface area (Å²) in [7, 11) is 5.90. The van der Waals surface area contributed by atoms with Gasteiger partial charge in [0.15, 0.2) is 6.29 Å². The van der Waals surface area contributed by atoms with Gasteiger partial charge in [0.1, 0.15) is 23.0 Å². The largest absolute Gasteiger partial charge is 0.496 e. The Hall–Kier alpha value is -3.75. The van der Waals surface area contributed by atoms with Crippen LogP contribution in [0.4, 0.5) is 0 Å². The number of hydrogen-bond acceptors (Lipinski definition) is 7. The number of hydrogen-bond donors (Lipinski definition) is 2. The Kier molecular flexibility index (Phi) is 8.88. The first-order valence-electron chi connectivity index (χ1n) is 9.90. The smallest absolute Gasteiger partial charge is 0.255 e. The van der Waals surface area contributed by atoms with Gasteiger partial charge in [0.05, 0.1) is 45.1 Å². The number of benzene rings is 2. The van der Waals surface area contributed by atoms with Crippen molar-refractivity contribution in [2.24, 2.45) is 0 Å². The van der Waals surface area contributed by atoms with Gasteiger partial charge in [-0.25, -0.2) is 0 Å². The summed E-state index contributed by atoms with van der Waals surface area (Å²) in [6.07, 6.45) is 1.10. The molecule has 0 radical (unpaired) electrons. The van der Waals surface area contributed by atoms with Gasteiger partial charge in [0.2, 0.25) is 0 Å². The highest BCUT2D eigenvalue weighted by Crippen LogP contribution is 2.29. The minimum atomic E-state index is -0.397. The monoisotopic (exact) mass is 444 g/mol. The van der Waals surface area contributed by atoms with Crippen molar-refractivity contribution in [2.75, 3.05) is 41.5 Å². The maximum atomic E-state index is 12.5. The van der Waals surface area contributed by atoms with Gasteiger partial charge in [0.25, 0.3) is 11.8 Å². The van der Waals surface area contributed by atoms with Crippen molar-refractivity contribution in [3.8, 4) is 23.0 Å². The lowest BCUT2D eigenvalue weighted by Gasteiger charge is -2.14. The minimum absolute atomic E-state index is 0.220. The standard InChI is InChI=1S/C23H28N2O7/c1-14-9-16(20(31-4)11-18(14)29-2)22(27)24-7-6-8-25-23(28)17-10-15(13-26)19(30-3)12-21(17)32-5/h9-13H,6-8H2,1-5H3,(H,24,27)(H,25,28). The molecular formula is C23H28N2O7. The molecule has 0 aliphatic rings. The fourth-order valence-electron chi connectivity index (χ4n) is 3.11.